The number of hydrogen-bond acceptors (Lipinski definition) is 5. The molecule has 2 unspecified atom stereocenters. The maximum atomic E-state index is 12.6. The normalized spacial score (nSPS) is 12.4. The Morgan fingerprint density at radius 2 is 1.77 bits per heavy atom. The van der Waals surface area contributed by atoms with Gasteiger partial charge in [-0.3, -0.25) is 0 Å². The van der Waals surface area contributed by atoms with Crippen molar-refractivity contribution in [3.8, 4) is 11.5 Å². The summed E-state index contributed by atoms with van der Waals surface area (Å²) in [7, 11) is 0. The molecule has 8 heteroatoms. The molecule has 1 aromatic heterocycles. The fourth-order valence-corrected chi connectivity index (χ4v) is 5.52. The van der Waals surface area contributed by atoms with Crippen molar-refractivity contribution in [2.45, 2.75) is 12.5 Å². The van der Waals surface area contributed by atoms with Gasteiger partial charge in [-0.2, -0.15) is 0 Å². The summed E-state index contributed by atoms with van der Waals surface area (Å²) < 4.78 is 2.45. The first-order valence-corrected chi connectivity index (χ1v) is 11.6. The number of aromatic hydroxyl groups is 2. The van der Waals surface area contributed by atoms with Gasteiger partial charge in [0.15, 0.2) is 0 Å². The number of fused-ring (bicyclic) bond motifs is 1. The number of imidazole rings is 1. The van der Waals surface area contributed by atoms with E-state index in [0.717, 1.165) is 15.4 Å². The zero-order valence-electron chi connectivity index (χ0n) is 16.3. The molecule has 0 aliphatic carbocycles. The number of hydrogen-bond donors (Lipinski definition) is 3. The molecular weight excluding hydrogens is 459 g/mol. The zero-order valence-corrected chi connectivity index (χ0v) is 18.4. The number of carboxylic acids is 1. The molecule has 156 valence electrons. The van der Waals surface area contributed by atoms with Gasteiger partial charge in [0.25, 0.3) is 0 Å². The summed E-state index contributed by atoms with van der Waals surface area (Å²) in [6, 6.07) is 18.4. The van der Waals surface area contributed by atoms with Gasteiger partial charge >= 0.3 is 184 Å². The molecule has 0 spiro atoms. The third kappa shape index (κ3) is 4.47. The van der Waals surface area contributed by atoms with E-state index in [2.05, 4.69) is 4.98 Å². The molecular formula is C23H19AsN2O5. The number of phenolic OH excluding ortho intramolecular Hbond substituents is 2. The van der Waals surface area contributed by atoms with E-state index >= 15 is 0 Å². The Hall–Kier alpha value is -3.57. The number of carbonyl (C=O) groups is 2. The van der Waals surface area contributed by atoms with Crippen LogP contribution in [0.1, 0.15) is 28.4 Å². The summed E-state index contributed by atoms with van der Waals surface area (Å²) in [6.07, 6.45) is 1.54. The summed E-state index contributed by atoms with van der Waals surface area (Å²) in [6.45, 7) is 0. The summed E-state index contributed by atoms with van der Waals surface area (Å²) >= 11 is -1.30. The first-order valence-electron chi connectivity index (χ1n) is 9.49. The summed E-state index contributed by atoms with van der Waals surface area (Å²) in [5.74, 6) is -1.14. The number of benzene rings is 3. The number of aliphatic carboxylic acids is 1. The van der Waals surface area contributed by atoms with Crippen LogP contribution in [0.3, 0.4) is 0 Å². The Labute approximate surface area is 184 Å². The molecule has 7 nitrogen and oxygen atoms in total. The van der Waals surface area contributed by atoms with Crippen LogP contribution in [-0.2, 0) is 4.79 Å². The molecule has 0 amide bonds. The van der Waals surface area contributed by atoms with Gasteiger partial charge in [-0.15, -0.1) is 0 Å². The molecule has 2 atom stereocenters. The Kier molecular flexibility index (Phi) is 5.78. The molecule has 0 bridgehead atoms. The minimum absolute atomic E-state index is 0.0765. The van der Waals surface area contributed by atoms with E-state index in [-0.39, 0.29) is 28.1 Å². The number of nitrogens with zero attached hydrogens (tertiary/aromatic N) is 2. The predicted octanol–water partition coefficient (Wildman–Crippen LogP) is 2.41. The Bertz CT molecular complexity index is 1270. The van der Waals surface area contributed by atoms with Crippen LogP contribution >= 0.6 is 0 Å². The molecule has 4 rings (SSSR count). The SMILES string of the molecule is O=C(O)CC(c1ccccc1)n1cnc2cc([AsH]C(=O)c3cc(O)ccc3O)ccc21. The van der Waals surface area contributed by atoms with Crippen LogP contribution in [0.15, 0.2) is 73.1 Å². The van der Waals surface area contributed by atoms with Gasteiger partial charge in [-0.25, -0.2) is 0 Å². The molecule has 4 aromatic rings. The zero-order chi connectivity index (χ0) is 22.0. The average Bonchev–Trinajstić information content (AvgIpc) is 3.17. The van der Waals surface area contributed by atoms with Crippen LogP contribution in [0.5, 0.6) is 11.5 Å². The van der Waals surface area contributed by atoms with Crippen LogP contribution in [0.2, 0.25) is 0 Å². The molecule has 1 heterocycles. The van der Waals surface area contributed by atoms with Crippen LogP contribution in [0.25, 0.3) is 11.0 Å². The van der Waals surface area contributed by atoms with Crippen LogP contribution in [0.4, 0.5) is 0 Å². The summed E-state index contributed by atoms with van der Waals surface area (Å²) in [5, 5.41) is 28.9. The first-order chi connectivity index (χ1) is 14.9. The van der Waals surface area contributed by atoms with E-state index in [0.29, 0.717) is 5.52 Å². The standard InChI is InChI=1S/C23H19AsN2O5/c27-16-7-9-21(28)17(11-16)23(31)24-15-6-8-19-18(10-15)25-13-26(19)20(12-22(29)30)14-4-2-1-3-5-14/h1-11,13,20,24,27-28H,12H2,(H,29,30). The van der Waals surface area contributed by atoms with Gasteiger partial charge in [-0.1, -0.05) is 0 Å². The van der Waals surface area contributed by atoms with Crippen molar-refractivity contribution in [1.82, 2.24) is 9.55 Å². The fourth-order valence-electron chi connectivity index (χ4n) is 3.48. The molecule has 3 aromatic carbocycles. The molecule has 0 saturated heterocycles. The molecule has 0 aliphatic heterocycles. The fraction of sp³-hybridized carbons (Fsp3) is 0.0870. The Morgan fingerprint density at radius 1 is 1.00 bits per heavy atom. The monoisotopic (exact) mass is 478 g/mol. The summed E-state index contributed by atoms with van der Waals surface area (Å²) in [5.41, 5.74) is 2.42. The number of carboxylic acid groups (broad SMARTS) is 1. The van der Waals surface area contributed by atoms with Crippen molar-refractivity contribution >= 4 is 41.7 Å². The summed E-state index contributed by atoms with van der Waals surface area (Å²) in [4.78, 5) is 28.5. The van der Waals surface area contributed by atoms with Gasteiger partial charge in [0, 0.05) is 0 Å². The number of phenols is 2. The maximum absolute atomic E-state index is 12.6. The van der Waals surface area contributed by atoms with Crippen LogP contribution in [0, 0.1) is 0 Å². The van der Waals surface area contributed by atoms with Gasteiger partial charge in [0.1, 0.15) is 0 Å². The van der Waals surface area contributed by atoms with Gasteiger partial charge in [-0.05, 0) is 0 Å². The second-order valence-corrected chi connectivity index (χ2v) is 9.72. The van der Waals surface area contributed by atoms with Crippen molar-refractivity contribution in [2.24, 2.45) is 0 Å². The molecule has 31 heavy (non-hydrogen) atoms. The minimum atomic E-state index is -1.30. The Morgan fingerprint density at radius 3 is 2.52 bits per heavy atom. The molecule has 0 saturated carbocycles. The van der Waals surface area contributed by atoms with Gasteiger partial charge in [0.2, 0.25) is 0 Å². The van der Waals surface area contributed by atoms with E-state index in [1.54, 1.807) is 6.33 Å². The van der Waals surface area contributed by atoms with E-state index in [1.165, 1.54) is 18.2 Å². The first kappa shape index (κ1) is 20.7. The molecule has 0 radical (unpaired) electrons. The second kappa shape index (κ2) is 8.66. The van der Waals surface area contributed by atoms with E-state index < -0.39 is 27.8 Å². The van der Waals surface area contributed by atoms with Crippen molar-refractivity contribution in [3.05, 3.63) is 84.2 Å². The van der Waals surface area contributed by atoms with Crippen LogP contribution in [-0.4, -0.2) is 51.2 Å². The Balaban J connectivity index is 1.65. The van der Waals surface area contributed by atoms with Crippen molar-refractivity contribution < 1.29 is 24.9 Å². The number of aromatic nitrogens is 2. The third-order valence-electron chi connectivity index (χ3n) is 4.95. The van der Waals surface area contributed by atoms with Gasteiger partial charge < -0.3 is 0 Å². The quantitative estimate of drug-likeness (QED) is 0.278. The van der Waals surface area contributed by atoms with Crippen molar-refractivity contribution in [3.63, 3.8) is 0 Å². The van der Waals surface area contributed by atoms with Crippen molar-refractivity contribution in [2.75, 3.05) is 0 Å². The average molecular weight is 478 g/mol. The van der Waals surface area contributed by atoms with Crippen LogP contribution < -0.4 is 4.35 Å². The topological polar surface area (TPSA) is 113 Å². The molecule has 0 aliphatic rings. The number of carbonyl (C=O) groups excluding carboxylic acids is 1. The van der Waals surface area contributed by atoms with E-state index in [4.69, 9.17) is 0 Å². The second-order valence-electron chi connectivity index (χ2n) is 7.04. The van der Waals surface area contributed by atoms with Gasteiger partial charge in [0.05, 0.1) is 0 Å². The predicted molar refractivity (Wildman–Crippen MR) is 117 cm³/mol. The molecule has 3 N–H and O–H groups in total. The van der Waals surface area contributed by atoms with Crippen molar-refractivity contribution in [1.29, 1.82) is 0 Å². The van der Waals surface area contributed by atoms with E-state index in [1.807, 2.05) is 53.1 Å². The molecule has 0 fully saturated rings. The van der Waals surface area contributed by atoms with E-state index in [9.17, 15) is 24.9 Å². The third-order valence-corrected chi connectivity index (χ3v) is 7.25. The number of rotatable bonds is 7.